The normalized spacial score (nSPS) is 10.3. The fourth-order valence-electron chi connectivity index (χ4n) is 2.04. The van der Waals surface area contributed by atoms with Crippen LogP contribution in [0.15, 0.2) is 36.7 Å². The second-order valence-corrected chi connectivity index (χ2v) is 4.61. The van der Waals surface area contributed by atoms with Crippen molar-refractivity contribution in [1.82, 2.24) is 14.7 Å². The first-order valence-corrected chi connectivity index (χ1v) is 6.59. The monoisotopic (exact) mass is 304 g/mol. The minimum atomic E-state index is -0.604. The molecule has 1 amide bonds. The number of nitro groups is 1. The van der Waals surface area contributed by atoms with Crippen LogP contribution in [0.5, 0.6) is 5.75 Å². The zero-order chi connectivity index (χ0) is 16.1. The van der Waals surface area contributed by atoms with Gasteiger partial charge in [0.05, 0.1) is 18.6 Å². The minimum Gasteiger partial charge on any atom is -0.490 e. The molecule has 0 atom stereocenters. The molecule has 0 saturated heterocycles. The Hall–Kier alpha value is -2.90. The largest absolute Gasteiger partial charge is 0.490 e. The van der Waals surface area contributed by atoms with Gasteiger partial charge in [0, 0.05) is 26.0 Å². The van der Waals surface area contributed by atoms with Crippen LogP contribution in [-0.2, 0) is 6.54 Å². The summed E-state index contributed by atoms with van der Waals surface area (Å²) in [6, 6.07) is 6.22. The van der Waals surface area contributed by atoms with Gasteiger partial charge in [-0.05, 0) is 18.2 Å². The highest BCUT2D eigenvalue weighted by atomic mass is 16.6. The minimum absolute atomic E-state index is 0.00677. The third-order valence-corrected chi connectivity index (χ3v) is 3.20. The summed E-state index contributed by atoms with van der Waals surface area (Å²) in [6.45, 7) is 0.891. The molecule has 0 aliphatic carbocycles. The third-order valence-electron chi connectivity index (χ3n) is 3.20. The molecule has 2 aromatic rings. The quantitative estimate of drug-likeness (QED) is 0.597. The Kier molecular flexibility index (Phi) is 4.72. The van der Waals surface area contributed by atoms with Crippen molar-refractivity contribution in [1.29, 1.82) is 0 Å². The van der Waals surface area contributed by atoms with E-state index in [2.05, 4.69) is 5.10 Å². The van der Waals surface area contributed by atoms with E-state index < -0.39 is 10.8 Å². The average molecular weight is 304 g/mol. The molecule has 0 unspecified atom stereocenters. The van der Waals surface area contributed by atoms with Gasteiger partial charge in [-0.3, -0.25) is 19.6 Å². The van der Waals surface area contributed by atoms with Gasteiger partial charge in [0.25, 0.3) is 5.91 Å². The van der Waals surface area contributed by atoms with Crippen molar-refractivity contribution in [2.75, 3.05) is 20.7 Å². The molecule has 0 aliphatic heterocycles. The second-order valence-electron chi connectivity index (χ2n) is 4.61. The van der Waals surface area contributed by atoms with E-state index in [1.807, 2.05) is 0 Å². The first-order chi connectivity index (χ1) is 10.5. The van der Waals surface area contributed by atoms with Gasteiger partial charge >= 0.3 is 5.69 Å². The van der Waals surface area contributed by atoms with Crippen LogP contribution in [0.25, 0.3) is 0 Å². The Labute approximate surface area is 127 Å². The number of nitrogens with zero attached hydrogens (tertiary/aromatic N) is 4. The van der Waals surface area contributed by atoms with Crippen LogP contribution in [-0.4, -0.2) is 46.2 Å². The number of ether oxygens (including phenoxy) is 1. The summed E-state index contributed by atoms with van der Waals surface area (Å²) >= 11 is 0. The molecule has 8 nitrogen and oxygen atoms in total. The number of benzene rings is 1. The zero-order valence-electron chi connectivity index (χ0n) is 12.3. The van der Waals surface area contributed by atoms with E-state index in [1.54, 1.807) is 36.3 Å². The topological polar surface area (TPSA) is 90.5 Å². The van der Waals surface area contributed by atoms with E-state index in [-0.39, 0.29) is 17.0 Å². The predicted octanol–water partition coefficient (Wildman–Crippen LogP) is 1.57. The van der Waals surface area contributed by atoms with E-state index >= 15 is 0 Å². The molecule has 116 valence electrons. The summed E-state index contributed by atoms with van der Waals surface area (Å²) in [4.78, 5) is 24.5. The van der Waals surface area contributed by atoms with E-state index in [9.17, 15) is 14.9 Å². The molecule has 0 fully saturated rings. The predicted molar refractivity (Wildman–Crippen MR) is 78.8 cm³/mol. The lowest BCUT2D eigenvalue weighted by Gasteiger charge is -2.17. The van der Waals surface area contributed by atoms with E-state index in [1.165, 1.54) is 24.1 Å². The van der Waals surface area contributed by atoms with Crippen LogP contribution in [0, 0.1) is 10.1 Å². The standard InChI is InChI=1S/C14H16N4O4/c1-16(9-10-17-8-4-7-15-17)14(19)11-5-3-6-12(22-2)13(11)18(20)21/h3-8H,9-10H2,1-2H3. The highest BCUT2D eigenvalue weighted by Gasteiger charge is 2.27. The van der Waals surface area contributed by atoms with Crippen molar-refractivity contribution in [3.63, 3.8) is 0 Å². The van der Waals surface area contributed by atoms with E-state index in [0.29, 0.717) is 13.1 Å². The lowest BCUT2D eigenvalue weighted by atomic mass is 10.1. The maximum absolute atomic E-state index is 12.4. The first-order valence-electron chi connectivity index (χ1n) is 6.59. The van der Waals surface area contributed by atoms with Crippen LogP contribution in [0.2, 0.25) is 0 Å². The highest BCUT2D eigenvalue weighted by Crippen LogP contribution is 2.31. The smallest absolute Gasteiger partial charge is 0.323 e. The lowest BCUT2D eigenvalue weighted by Crippen LogP contribution is -2.30. The molecule has 0 radical (unpaired) electrons. The lowest BCUT2D eigenvalue weighted by molar-refractivity contribution is -0.386. The number of amides is 1. The fourth-order valence-corrected chi connectivity index (χ4v) is 2.04. The number of methoxy groups -OCH3 is 1. The van der Waals surface area contributed by atoms with Crippen LogP contribution in [0.4, 0.5) is 5.69 Å². The summed E-state index contributed by atoms with van der Waals surface area (Å²) in [5.74, 6) is -0.367. The highest BCUT2D eigenvalue weighted by molar-refractivity contribution is 5.99. The number of aromatic nitrogens is 2. The summed E-state index contributed by atoms with van der Waals surface area (Å²) in [6.07, 6.45) is 3.43. The summed E-state index contributed by atoms with van der Waals surface area (Å²) < 4.78 is 6.65. The van der Waals surface area contributed by atoms with Gasteiger partial charge in [-0.15, -0.1) is 0 Å². The molecule has 1 heterocycles. The zero-order valence-corrected chi connectivity index (χ0v) is 12.3. The molecule has 0 N–H and O–H groups in total. The number of carbonyl (C=O) groups is 1. The Morgan fingerprint density at radius 1 is 1.45 bits per heavy atom. The Morgan fingerprint density at radius 3 is 2.82 bits per heavy atom. The Balaban J connectivity index is 2.19. The number of hydrogen-bond donors (Lipinski definition) is 0. The third kappa shape index (κ3) is 3.22. The van der Waals surface area contributed by atoms with Crippen molar-refractivity contribution in [2.45, 2.75) is 6.54 Å². The molecular weight excluding hydrogens is 288 g/mol. The van der Waals surface area contributed by atoms with Crippen molar-refractivity contribution < 1.29 is 14.5 Å². The molecule has 0 saturated carbocycles. The molecule has 1 aromatic carbocycles. The maximum atomic E-state index is 12.4. The van der Waals surface area contributed by atoms with E-state index in [4.69, 9.17) is 4.74 Å². The van der Waals surface area contributed by atoms with Gasteiger partial charge in [-0.2, -0.15) is 5.10 Å². The van der Waals surface area contributed by atoms with Gasteiger partial charge in [-0.25, -0.2) is 0 Å². The Morgan fingerprint density at radius 2 is 2.23 bits per heavy atom. The van der Waals surface area contributed by atoms with Crippen LogP contribution in [0.1, 0.15) is 10.4 Å². The van der Waals surface area contributed by atoms with Crippen molar-refractivity contribution in [3.05, 3.63) is 52.3 Å². The summed E-state index contributed by atoms with van der Waals surface area (Å²) in [7, 11) is 2.92. The maximum Gasteiger partial charge on any atom is 0.323 e. The first kappa shape index (κ1) is 15.5. The van der Waals surface area contributed by atoms with Gasteiger partial charge in [0.15, 0.2) is 5.75 Å². The SMILES string of the molecule is COc1cccc(C(=O)N(C)CCn2cccn2)c1[N+](=O)[O-]. The number of para-hydroxylation sites is 1. The average Bonchev–Trinajstić information content (AvgIpc) is 3.04. The number of likely N-dealkylation sites (N-methyl/N-ethyl adjacent to an activating group) is 1. The van der Waals surface area contributed by atoms with E-state index in [0.717, 1.165) is 0 Å². The van der Waals surface area contributed by atoms with Crippen LogP contribution < -0.4 is 4.74 Å². The van der Waals surface area contributed by atoms with Gasteiger partial charge in [0.1, 0.15) is 5.56 Å². The second kappa shape index (κ2) is 6.70. The molecule has 2 rings (SSSR count). The summed E-state index contributed by atoms with van der Waals surface area (Å²) in [5, 5.41) is 15.3. The van der Waals surface area contributed by atoms with Gasteiger partial charge in [-0.1, -0.05) is 6.07 Å². The van der Waals surface area contributed by atoms with Crippen LogP contribution in [0.3, 0.4) is 0 Å². The van der Waals surface area contributed by atoms with Crippen LogP contribution >= 0.6 is 0 Å². The van der Waals surface area contributed by atoms with Gasteiger partial charge < -0.3 is 9.64 Å². The van der Waals surface area contributed by atoms with Crippen molar-refractivity contribution >= 4 is 11.6 Å². The number of hydrogen-bond acceptors (Lipinski definition) is 5. The fraction of sp³-hybridized carbons (Fsp3) is 0.286. The van der Waals surface area contributed by atoms with Crippen molar-refractivity contribution in [3.8, 4) is 5.75 Å². The molecule has 1 aromatic heterocycles. The number of carbonyl (C=O) groups excluding carboxylic acids is 1. The Bertz CT molecular complexity index is 669. The summed E-state index contributed by atoms with van der Waals surface area (Å²) in [5.41, 5.74) is -0.312. The number of rotatable bonds is 6. The molecular formula is C14H16N4O4. The molecule has 8 heteroatoms. The number of nitro benzene ring substituents is 1. The van der Waals surface area contributed by atoms with Crippen molar-refractivity contribution in [2.24, 2.45) is 0 Å². The van der Waals surface area contributed by atoms with Gasteiger partial charge in [0.2, 0.25) is 0 Å². The molecule has 22 heavy (non-hydrogen) atoms. The molecule has 0 aliphatic rings. The molecule has 0 spiro atoms. The molecule has 0 bridgehead atoms.